The zero-order valence-corrected chi connectivity index (χ0v) is 22.2. The summed E-state index contributed by atoms with van der Waals surface area (Å²) in [5, 5.41) is 0. The van der Waals surface area contributed by atoms with Gasteiger partial charge in [0.25, 0.3) is 0 Å². The molecule has 0 unspecified atom stereocenters. The molecule has 0 amide bonds. The van der Waals surface area contributed by atoms with Crippen molar-refractivity contribution in [3.63, 3.8) is 0 Å². The average Bonchev–Trinajstić information content (AvgIpc) is 2.78. The molecule has 0 aliphatic carbocycles. The van der Waals surface area contributed by atoms with Crippen LogP contribution in [-0.4, -0.2) is 0 Å². The molecule has 0 saturated carbocycles. The minimum atomic E-state index is 0. The minimum Gasteiger partial charge on any atom is -0.224 e. The van der Waals surface area contributed by atoms with E-state index in [1.54, 1.807) is 0 Å². The largest absolute Gasteiger partial charge is 0.224 e. The number of hydrogen-bond donors (Lipinski definition) is 0. The van der Waals surface area contributed by atoms with E-state index in [1.165, 1.54) is 0 Å². The van der Waals surface area contributed by atoms with Gasteiger partial charge in [0.2, 0.25) is 0 Å². The van der Waals surface area contributed by atoms with Crippen molar-refractivity contribution in [2.75, 3.05) is 0 Å². The van der Waals surface area contributed by atoms with Crippen molar-refractivity contribution in [3.8, 4) is 11.1 Å². The van der Waals surface area contributed by atoms with Gasteiger partial charge < -0.3 is 0 Å². The molecule has 4 aromatic rings. The Morgan fingerprint density at radius 3 is 1.23 bits per heavy atom. The Bertz CT molecular complexity index is 972. The molecule has 4 aromatic carbocycles. The van der Waals surface area contributed by atoms with Crippen LogP contribution in [0.1, 0.15) is 22.3 Å². The summed E-state index contributed by atoms with van der Waals surface area (Å²) in [7, 11) is 0. The molecule has 0 aliphatic heterocycles. The first kappa shape index (κ1) is 24.8. The maximum absolute atomic E-state index is 3.31. The van der Waals surface area contributed by atoms with Crippen LogP contribution >= 0.6 is 0 Å². The normalized spacial score (nSPS) is 10.5. The fourth-order valence-electron chi connectivity index (χ4n) is 2.80. The van der Waals surface area contributed by atoms with E-state index < -0.39 is 0 Å². The van der Waals surface area contributed by atoms with Crippen molar-refractivity contribution in [1.29, 1.82) is 0 Å². The van der Waals surface area contributed by atoms with Crippen LogP contribution in [0.2, 0.25) is 0 Å². The third-order valence-electron chi connectivity index (χ3n) is 4.34. The summed E-state index contributed by atoms with van der Waals surface area (Å²) in [6.07, 6.45) is 10.5. The van der Waals surface area contributed by atoms with Gasteiger partial charge in [-0.2, -0.15) is 71.8 Å². The van der Waals surface area contributed by atoms with Gasteiger partial charge in [-0.25, -0.2) is 23.3 Å². The molecule has 2 radical (unpaired) electrons. The smallest absolute Gasteiger partial charge is 0 e. The SMILES string of the molecule is [C-](=Cc1[c-]cc(-c2c[c-]c(C=[C-]c3ccccc3)cc2)cc1)c1ccccc1.[Y].[Y]. The summed E-state index contributed by atoms with van der Waals surface area (Å²) >= 11 is 0. The maximum atomic E-state index is 3.31. The summed E-state index contributed by atoms with van der Waals surface area (Å²) in [6.45, 7) is 0. The first-order chi connectivity index (χ1) is 13.9. The molecule has 0 atom stereocenters. The molecule has 30 heavy (non-hydrogen) atoms. The summed E-state index contributed by atoms with van der Waals surface area (Å²) < 4.78 is 0. The predicted molar refractivity (Wildman–Crippen MR) is 116 cm³/mol. The summed E-state index contributed by atoms with van der Waals surface area (Å²) in [5.41, 5.74) is 6.38. The minimum absolute atomic E-state index is 0. The predicted octanol–water partition coefficient (Wildman–Crippen LogP) is 6.68. The molecule has 0 spiro atoms. The monoisotopic (exact) mass is 532 g/mol. The van der Waals surface area contributed by atoms with Crippen molar-refractivity contribution in [2.45, 2.75) is 0 Å². The summed E-state index contributed by atoms with van der Waals surface area (Å²) in [6, 6.07) is 39.1. The van der Waals surface area contributed by atoms with Gasteiger partial charge in [-0.15, -0.1) is 59.7 Å². The molecule has 0 nitrogen and oxygen atoms in total. The van der Waals surface area contributed by atoms with Crippen molar-refractivity contribution in [1.82, 2.24) is 0 Å². The van der Waals surface area contributed by atoms with E-state index in [0.717, 1.165) is 33.4 Å². The second-order valence-corrected chi connectivity index (χ2v) is 6.37. The van der Waals surface area contributed by atoms with Gasteiger partial charge >= 0.3 is 0 Å². The topological polar surface area (TPSA) is 0 Å². The van der Waals surface area contributed by atoms with Crippen molar-refractivity contribution in [2.24, 2.45) is 0 Å². The van der Waals surface area contributed by atoms with Crippen LogP contribution < -0.4 is 0 Å². The zero-order chi connectivity index (χ0) is 19.0. The Labute approximate surface area is 229 Å². The molecule has 0 heterocycles. The number of benzene rings is 4. The van der Waals surface area contributed by atoms with Gasteiger partial charge in [-0.1, -0.05) is 12.1 Å². The molecule has 0 saturated heterocycles. The fourth-order valence-corrected chi connectivity index (χ4v) is 2.80. The molecule has 0 fully saturated rings. The van der Waals surface area contributed by atoms with E-state index in [9.17, 15) is 0 Å². The Morgan fingerprint density at radius 2 is 0.900 bits per heavy atom. The molecule has 4 rings (SSSR count). The van der Waals surface area contributed by atoms with Crippen LogP contribution in [0.3, 0.4) is 0 Å². The van der Waals surface area contributed by atoms with Crippen LogP contribution in [0, 0.1) is 24.3 Å². The summed E-state index contributed by atoms with van der Waals surface area (Å²) in [4.78, 5) is 0. The standard InChI is InChI=1S/C28H18.2Y/c1-3-7-23(8-4-1)11-13-25-15-19-27(20-16-25)28-21-17-26(18-22-28)14-12-24-9-5-2-6-10-24;;/h1-10,13-15,17,19-22H;;/q-4;;. The number of hydrogen-bond acceptors (Lipinski definition) is 0. The van der Waals surface area contributed by atoms with Crippen LogP contribution in [0.5, 0.6) is 0 Å². The Balaban J connectivity index is 0.00000160. The van der Waals surface area contributed by atoms with Gasteiger partial charge in [-0.05, 0) is 0 Å². The van der Waals surface area contributed by atoms with Crippen LogP contribution in [0.15, 0.2) is 97.1 Å². The van der Waals surface area contributed by atoms with E-state index in [1.807, 2.05) is 84.9 Å². The second kappa shape index (κ2) is 13.1. The molecule has 2 heteroatoms. The molecular weight excluding hydrogens is 514 g/mol. The van der Waals surface area contributed by atoms with Crippen LogP contribution in [0.25, 0.3) is 23.3 Å². The van der Waals surface area contributed by atoms with Crippen LogP contribution in [0.4, 0.5) is 0 Å². The van der Waals surface area contributed by atoms with Gasteiger partial charge in [0, 0.05) is 65.4 Å². The van der Waals surface area contributed by atoms with Crippen molar-refractivity contribution in [3.05, 3.63) is 144 Å². The average molecular weight is 532 g/mol. The van der Waals surface area contributed by atoms with Crippen molar-refractivity contribution >= 4 is 12.2 Å². The van der Waals surface area contributed by atoms with Gasteiger partial charge in [-0.3, -0.25) is 0 Å². The summed E-state index contributed by atoms with van der Waals surface area (Å²) in [5.74, 6) is 0. The van der Waals surface area contributed by atoms with E-state index >= 15 is 0 Å². The first-order valence-electron chi connectivity index (χ1n) is 9.20. The van der Waals surface area contributed by atoms with Crippen LogP contribution in [-0.2, 0) is 65.4 Å². The molecule has 0 N–H and O–H groups in total. The molecule has 0 bridgehead atoms. The van der Waals surface area contributed by atoms with E-state index in [0.29, 0.717) is 0 Å². The zero-order valence-electron chi connectivity index (χ0n) is 16.5. The first-order valence-corrected chi connectivity index (χ1v) is 9.20. The third-order valence-corrected chi connectivity index (χ3v) is 4.34. The fraction of sp³-hybridized carbons (Fsp3) is 0. The van der Waals surface area contributed by atoms with E-state index in [2.05, 4.69) is 48.6 Å². The Kier molecular flexibility index (Phi) is 10.8. The third kappa shape index (κ3) is 7.36. The van der Waals surface area contributed by atoms with Crippen molar-refractivity contribution < 1.29 is 65.4 Å². The maximum Gasteiger partial charge on any atom is 0 e. The van der Waals surface area contributed by atoms with Gasteiger partial charge in [0.05, 0.1) is 0 Å². The molecule has 0 aromatic heterocycles. The van der Waals surface area contributed by atoms with Gasteiger partial charge in [0.15, 0.2) is 0 Å². The molecule has 0 aliphatic rings. The molecule has 140 valence electrons. The van der Waals surface area contributed by atoms with E-state index in [-0.39, 0.29) is 65.4 Å². The molecular formula is C28H18Y2-4. The second-order valence-electron chi connectivity index (χ2n) is 6.37. The Hall–Kier alpha value is -1.43. The number of rotatable bonds is 5. The van der Waals surface area contributed by atoms with Gasteiger partial charge in [0.1, 0.15) is 0 Å². The van der Waals surface area contributed by atoms with E-state index in [4.69, 9.17) is 0 Å². The quantitative estimate of drug-likeness (QED) is 0.199. The Morgan fingerprint density at radius 1 is 0.500 bits per heavy atom.